The van der Waals surface area contributed by atoms with Crippen LogP contribution in [-0.2, 0) is 4.79 Å². The second kappa shape index (κ2) is 6.38. The molecule has 2 atom stereocenters. The molecule has 0 heterocycles. The number of amides is 1. The van der Waals surface area contributed by atoms with Crippen LogP contribution in [0.3, 0.4) is 0 Å². The summed E-state index contributed by atoms with van der Waals surface area (Å²) < 4.78 is 5.75. The Morgan fingerprint density at radius 2 is 1.95 bits per heavy atom. The summed E-state index contributed by atoms with van der Waals surface area (Å²) in [5.74, 6) is -0.0547. The first-order valence-corrected chi connectivity index (χ1v) is 7.89. The average Bonchev–Trinajstić information content (AvgIpc) is 3.22. The van der Waals surface area contributed by atoms with Gasteiger partial charge in [0.1, 0.15) is 5.75 Å². The SMILES string of the molecule is O=C(N[C@H]1CC[C@@H](C(=O)O)C1)c1ccccc1OCC1CC1. The maximum absolute atomic E-state index is 12.4. The lowest BCUT2D eigenvalue weighted by molar-refractivity contribution is -0.141. The van der Waals surface area contributed by atoms with Crippen LogP contribution in [0.1, 0.15) is 42.5 Å². The number of carbonyl (C=O) groups is 2. The van der Waals surface area contributed by atoms with Crippen molar-refractivity contribution in [3.8, 4) is 5.75 Å². The fourth-order valence-electron chi connectivity index (χ4n) is 2.87. The van der Waals surface area contributed by atoms with E-state index in [1.54, 1.807) is 6.07 Å². The van der Waals surface area contributed by atoms with Crippen molar-refractivity contribution in [1.82, 2.24) is 5.32 Å². The van der Waals surface area contributed by atoms with Crippen molar-refractivity contribution in [2.75, 3.05) is 6.61 Å². The fourth-order valence-corrected chi connectivity index (χ4v) is 2.87. The smallest absolute Gasteiger partial charge is 0.306 e. The number of hydrogen-bond acceptors (Lipinski definition) is 3. The van der Waals surface area contributed by atoms with E-state index in [-0.39, 0.29) is 17.9 Å². The van der Waals surface area contributed by atoms with Gasteiger partial charge in [0.25, 0.3) is 5.91 Å². The van der Waals surface area contributed by atoms with E-state index >= 15 is 0 Å². The van der Waals surface area contributed by atoms with E-state index in [1.165, 1.54) is 12.8 Å². The first-order valence-electron chi connectivity index (χ1n) is 7.89. The summed E-state index contributed by atoms with van der Waals surface area (Å²) in [5, 5.41) is 12.0. The Hall–Kier alpha value is -2.04. The van der Waals surface area contributed by atoms with Gasteiger partial charge in [-0.3, -0.25) is 9.59 Å². The summed E-state index contributed by atoms with van der Waals surface area (Å²) in [6.07, 6.45) is 4.25. The Morgan fingerprint density at radius 1 is 1.18 bits per heavy atom. The van der Waals surface area contributed by atoms with Gasteiger partial charge < -0.3 is 15.2 Å². The molecule has 2 aliphatic rings. The number of benzene rings is 1. The molecule has 2 fully saturated rings. The van der Waals surface area contributed by atoms with Crippen molar-refractivity contribution in [1.29, 1.82) is 0 Å². The van der Waals surface area contributed by atoms with Crippen molar-refractivity contribution in [3.05, 3.63) is 29.8 Å². The van der Waals surface area contributed by atoms with Gasteiger partial charge in [-0.25, -0.2) is 0 Å². The molecule has 1 amide bonds. The first kappa shape index (κ1) is 14.9. The number of carbonyl (C=O) groups excluding carboxylic acids is 1. The van der Waals surface area contributed by atoms with Gasteiger partial charge >= 0.3 is 5.97 Å². The fraction of sp³-hybridized carbons (Fsp3) is 0.529. The van der Waals surface area contributed by atoms with E-state index < -0.39 is 5.97 Å². The molecule has 0 saturated heterocycles. The average molecular weight is 303 g/mol. The molecule has 22 heavy (non-hydrogen) atoms. The van der Waals surface area contributed by atoms with E-state index in [1.807, 2.05) is 18.2 Å². The lowest BCUT2D eigenvalue weighted by atomic mass is 10.1. The van der Waals surface area contributed by atoms with Crippen LogP contribution >= 0.6 is 0 Å². The molecule has 0 bridgehead atoms. The van der Waals surface area contributed by atoms with Crippen LogP contribution in [-0.4, -0.2) is 29.6 Å². The van der Waals surface area contributed by atoms with Gasteiger partial charge in [-0.15, -0.1) is 0 Å². The predicted octanol–water partition coefficient (Wildman–Crippen LogP) is 2.46. The van der Waals surface area contributed by atoms with E-state index in [9.17, 15) is 9.59 Å². The van der Waals surface area contributed by atoms with Crippen LogP contribution in [0.4, 0.5) is 0 Å². The van der Waals surface area contributed by atoms with E-state index in [2.05, 4.69) is 5.32 Å². The molecule has 0 aliphatic heterocycles. The number of carboxylic acid groups (broad SMARTS) is 1. The number of aliphatic carboxylic acids is 1. The lowest BCUT2D eigenvalue weighted by Gasteiger charge is -2.15. The topological polar surface area (TPSA) is 75.6 Å². The highest BCUT2D eigenvalue weighted by atomic mass is 16.5. The van der Waals surface area contributed by atoms with Gasteiger partial charge in [0.15, 0.2) is 0 Å². The molecule has 118 valence electrons. The molecular weight excluding hydrogens is 282 g/mol. The third kappa shape index (κ3) is 3.59. The lowest BCUT2D eigenvalue weighted by Crippen LogP contribution is -2.33. The van der Waals surface area contributed by atoms with Gasteiger partial charge in [0, 0.05) is 6.04 Å². The van der Waals surface area contributed by atoms with Gasteiger partial charge in [-0.2, -0.15) is 0 Å². The van der Waals surface area contributed by atoms with Gasteiger partial charge in [-0.05, 0) is 50.2 Å². The Morgan fingerprint density at radius 3 is 2.64 bits per heavy atom. The minimum Gasteiger partial charge on any atom is -0.492 e. The van der Waals surface area contributed by atoms with Crippen LogP contribution in [0.25, 0.3) is 0 Å². The third-order valence-corrected chi connectivity index (χ3v) is 4.42. The molecule has 2 aliphatic carbocycles. The maximum Gasteiger partial charge on any atom is 0.306 e. The van der Waals surface area contributed by atoms with Crippen LogP contribution in [0.2, 0.25) is 0 Å². The predicted molar refractivity (Wildman–Crippen MR) is 80.9 cm³/mol. The molecule has 5 heteroatoms. The molecule has 0 spiro atoms. The Bertz CT molecular complexity index is 568. The highest BCUT2D eigenvalue weighted by molar-refractivity contribution is 5.97. The number of nitrogens with one attached hydrogen (secondary N) is 1. The summed E-state index contributed by atoms with van der Waals surface area (Å²) in [6, 6.07) is 7.17. The summed E-state index contributed by atoms with van der Waals surface area (Å²) >= 11 is 0. The summed E-state index contributed by atoms with van der Waals surface area (Å²) in [4.78, 5) is 23.4. The molecule has 5 nitrogen and oxygen atoms in total. The second-order valence-corrected chi connectivity index (χ2v) is 6.27. The molecule has 2 saturated carbocycles. The Labute approximate surface area is 129 Å². The number of rotatable bonds is 6. The minimum atomic E-state index is -0.773. The van der Waals surface area contributed by atoms with Crippen LogP contribution in [0, 0.1) is 11.8 Å². The third-order valence-electron chi connectivity index (χ3n) is 4.42. The van der Waals surface area contributed by atoms with Crippen molar-refractivity contribution in [2.24, 2.45) is 11.8 Å². The van der Waals surface area contributed by atoms with Crippen LogP contribution in [0.5, 0.6) is 5.75 Å². The number of ether oxygens (including phenoxy) is 1. The van der Waals surface area contributed by atoms with Gasteiger partial charge in [-0.1, -0.05) is 12.1 Å². The van der Waals surface area contributed by atoms with Gasteiger partial charge in [0.2, 0.25) is 0 Å². The van der Waals surface area contributed by atoms with E-state index in [0.29, 0.717) is 43.1 Å². The maximum atomic E-state index is 12.4. The summed E-state index contributed by atoms with van der Waals surface area (Å²) in [5.41, 5.74) is 0.530. The minimum absolute atomic E-state index is 0.0647. The Balaban J connectivity index is 1.60. The summed E-state index contributed by atoms with van der Waals surface area (Å²) in [6.45, 7) is 0.662. The number of para-hydroxylation sites is 1. The van der Waals surface area contributed by atoms with Crippen LogP contribution < -0.4 is 10.1 Å². The largest absolute Gasteiger partial charge is 0.492 e. The van der Waals surface area contributed by atoms with Gasteiger partial charge in [0.05, 0.1) is 18.1 Å². The molecular formula is C17H21NO4. The van der Waals surface area contributed by atoms with Crippen molar-refractivity contribution >= 4 is 11.9 Å². The molecule has 3 rings (SSSR count). The van der Waals surface area contributed by atoms with E-state index in [4.69, 9.17) is 9.84 Å². The number of hydrogen-bond donors (Lipinski definition) is 2. The number of carboxylic acids is 1. The van der Waals surface area contributed by atoms with Crippen molar-refractivity contribution < 1.29 is 19.4 Å². The highest BCUT2D eigenvalue weighted by Crippen LogP contribution is 2.31. The monoisotopic (exact) mass is 303 g/mol. The van der Waals surface area contributed by atoms with Crippen molar-refractivity contribution in [2.45, 2.75) is 38.1 Å². The molecule has 0 radical (unpaired) electrons. The molecule has 0 unspecified atom stereocenters. The molecule has 2 N–H and O–H groups in total. The van der Waals surface area contributed by atoms with Crippen LogP contribution in [0.15, 0.2) is 24.3 Å². The highest BCUT2D eigenvalue weighted by Gasteiger charge is 2.31. The molecule has 1 aromatic carbocycles. The standard InChI is InChI=1S/C17H21NO4/c19-16(18-13-8-7-12(9-13)17(20)21)14-3-1-2-4-15(14)22-10-11-5-6-11/h1-4,11-13H,5-10H2,(H,18,19)(H,20,21)/t12-,13+/m1/s1. The summed E-state index contributed by atoms with van der Waals surface area (Å²) in [7, 11) is 0. The zero-order valence-corrected chi connectivity index (χ0v) is 12.5. The zero-order valence-electron chi connectivity index (χ0n) is 12.5. The Kier molecular flexibility index (Phi) is 4.32. The first-order chi connectivity index (χ1) is 10.6. The van der Waals surface area contributed by atoms with Crippen molar-refractivity contribution in [3.63, 3.8) is 0 Å². The quantitative estimate of drug-likeness (QED) is 0.846. The zero-order chi connectivity index (χ0) is 15.5. The van der Waals surface area contributed by atoms with E-state index in [0.717, 1.165) is 0 Å². The molecule has 0 aromatic heterocycles. The second-order valence-electron chi connectivity index (χ2n) is 6.27. The molecule has 1 aromatic rings. The normalized spacial score (nSPS) is 24.0.